The van der Waals surface area contributed by atoms with E-state index in [1.165, 1.54) is 0 Å². The van der Waals surface area contributed by atoms with Crippen molar-refractivity contribution in [2.45, 2.75) is 45.9 Å². The molecule has 0 unspecified atom stereocenters. The third kappa shape index (κ3) is 3.77. The number of H-pyrrole nitrogens is 1. The maximum atomic E-state index is 12.6. The van der Waals surface area contributed by atoms with E-state index in [0.717, 1.165) is 22.8 Å². The van der Waals surface area contributed by atoms with Crippen LogP contribution in [0.15, 0.2) is 10.9 Å². The zero-order chi connectivity index (χ0) is 19.1. The number of anilines is 2. The van der Waals surface area contributed by atoms with Crippen molar-refractivity contribution >= 4 is 23.4 Å². The third-order valence-electron chi connectivity index (χ3n) is 4.92. The van der Waals surface area contributed by atoms with Gasteiger partial charge in [0.1, 0.15) is 5.82 Å². The van der Waals surface area contributed by atoms with Gasteiger partial charge in [-0.2, -0.15) is 0 Å². The fourth-order valence-corrected chi connectivity index (χ4v) is 4.02. The molecule has 9 heteroatoms. The average Bonchev–Trinajstić information content (AvgIpc) is 2.59. The molecule has 0 aliphatic carbocycles. The van der Waals surface area contributed by atoms with E-state index < -0.39 is 0 Å². The van der Waals surface area contributed by atoms with Crippen LogP contribution in [-0.4, -0.2) is 51.8 Å². The Kier molecular flexibility index (Phi) is 4.77. The highest BCUT2D eigenvalue weighted by molar-refractivity contribution is 6.28. The normalized spacial score (nSPS) is 22.7. The first kappa shape index (κ1) is 18.2. The van der Waals surface area contributed by atoms with Gasteiger partial charge in [-0.3, -0.25) is 9.78 Å². The first-order valence-corrected chi connectivity index (χ1v) is 9.55. The van der Waals surface area contributed by atoms with E-state index in [4.69, 9.17) is 21.3 Å². The Morgan fingerprint density at radius 3 is 2.63 bits per heavy atom. The lowest BCUT2D eigenvalue weighted by Gasteiger charge is -2.36. The number of halogens is 1. The number of hydrogen-bond donors (Lipinski definition) is 1. The van der Waals surface area contributed by atoms with Gasteiger partial charge in [0.15, 0.2) is 0 Å². The van der Waals surface area contributed by atoms with Gasteiger partial charge in [-0.1, -0.05) is 0 Å². The van der Waals surface area contributed by atoms with Crippen LogP contribution in [-0.2, 0) is 17.7 Å². The molecule has 27 heavy (non-hydrogen) atoms. The van der Waals surface area contributed by atoms with Gasteiger partial charge < -0.3 is 14.5 Å². The minimum atomic E-state index is -0.0571. The second-order valence-corrected chi connectivity index (χ2v) is 7.62. The molecule has 2 aromatic heterocycles. The van der Waals surface area contributed by atoms with Crippen molar-refractivity contribution in [2.24, 2.45) is 0 Å². The van der Waals surface area contributed by atoms with Crippen molar-refractivity contribution in [3.63, 3.8) is 0 Å². The zero-order valence-electron chi connectivity index (χ0n) is 15.7. The van der Waals surface area contributed by atoms with Gasteiger partial charge in [0.05, 0.1) is 24.4 Å². The summed E-state index contributed by atoms with van der Waals surface area (Å²) in [5.74, 6) is 1.37. The smallest absolute Gasteiger partial charge is 0.255 e. The molecule has 2 atom stereocenters. The predicted octanol–water partition coefficient (Wildman–Crippen LogP) is 1.70. The van der Waals surface area contributed by atoms with Crippen molar-refractivity contribution in [1.82, 2.24) is 19.9 Å². The van der Waals surface area contributed by atoms with Crippen LogP contribution in [0.3, 0.4) is 0 Å². The summed E-state index contributed by atoms with van der Waals surface area (Å²) >= 11 is 6.01. The Balaban J connectivity index is 1.64. The molecule has 1 fully saturated rings. The number of aromatic amines is 1. The quantitative estimate of drug-likeness (QED) is 0.781. The van der Waals surface area contributed by atoms with E-state index in [1.807, 2.05) is 26.8 Å². The molecule has 0 saturated carbocycles. The van der Waals surface area contributed by atoms with Crippen LogP contribution in [0.25, 0.3) is 0 Å². The summed E-state index contributed by atoms with van der Waals surface area (Å²) in [5, 5.41) is 0.228. The molecule has 2 aliphatic rings. The second-order valence-electron chi connectivity index (χ2n) is 7.29. The number of fused-ring (bicyclic) bond motifs is 1. The number of rotatable bonds is 2. The number of aryl methyl sites for hydroxylation is 1. The summed E-state index contributed by atoms with van der Waals surface area (Å²) in [6, 6.07) is 1.90. The molecule has 4 rings (SSSR count). The fourth-order valence-electron chi connectivity index (χ4n) is 3.80. The third-order valence-corrected chi connectivity index (χ3v) is 5.09. The van der Waals surface area contributed by atoms with Gasteiger partial charge in [-0.05, 0) is 38.8 Å². The van der Waals surface area contributed by atoms with E-state index in [9.17, 15) is 4.79 Å². The molecule has 1 N–H and O–H groups in total. The van der Waals surface area contributed by atoms with E-state index >= 15 is 0 Å². The largest absolute Gasteiger partial charge is 0.372 e. The Bertz CT molecular complexity index is 887. The monoisotopic (exact) mass is 390 g/mol. The number of nitrogens with zero attached hydrogens (tertiary/aromatic N) is 5. The Labute approximate surface area is 162 Å². The van der Waals surface area contributed by atoms with E-state index in [1.54, 1.807) is 0 Å². The Morgan fingerprint density at radius 2 is 1.93 bits per heavy atom. The van der Waals surface area contributed by atoms with Crippen molar-refractivity contribution in [1.29, 1.82) is 0 Å². The van der Waals surface area contributed by atoms with Crippen molar-refractivity contribution < 1.29 is 4.74 Å². The molecule has 2 aromatic rings. The summed E-state index contributed by atoms with van der Waals surface area (Å²) in [7, 11) is 0. The standard InChI is InChI=1S/C18H23ClN6O2/c1-10-6-15(22-17(19)20-10)24-5-4-13-14(9-24)21-18(23-16(13)26)25-7-11(2)27-12(3)8-25/h6,11-12H,4-5,7-9H2,1-3H3,(H,21,23,26)/t11-,12-/m0/s1. The highest BCUT2D eigenvalue weighted by Gasteiger charge is 2.27. The fraction of sp³-hybridized carbons (Fsp3) is 0.556. The number of hydrogen-bond acceptors (Lipinski definition) is 7. The molecular formula is C18H23ClN6O2. The molecule has 1 saturated heterocycles. The molecule has 0 amide bonds. The zero-order valence-corrected chi connectivity index (χ0v) is 16.5. The summed E-state index contributed by atoms with van der Waals surface area (Å²) in [6.45, 7) is 8.57. The van der Waals surface area contributed by atoms with Crippen LogP contribution < -0.4 is 15.4 Å². The van der Waals surface area contributed by atoms with Crippen LogP contribution >= 0.6 is 11.6 Å². The minimum Gasteiger partial charge on any atom is -0.372 e. The molecule has 2 aliphatic heterocycles. The van der Waals surface area contributed by atoms with Gasteiger partial charge in [0, 0.05) is 37.0 Å². The van der Waals surface area contributed by atoms with E-state index in [0.29, 0.717) is 38.5 Å². The number of nitrogens with one attached hydrogen (secondary N) is 1. The van der Waals surface area contributed by atoms with Crippen LogP contribution in [0.4, 0.5) is 11.8 Å². The Morgan fingerprint density at radius 1 is 1.19 bits per heavy atom. The van der Waals surface area contributed by atoms with E-state index in [-0.39, 0.29) is 23.1 Å². The average molecular weight is 391 g/mol. The molecule has 0 spiro atoms. The van der Waals surface area contributed by atoms with Crippen LogP contribution in [0, 0.1) is 6.92 Å². The highest BCUT2D eigenvalue weighted by Crippen LogP contribution is 2.23. The van der Waals surface area contributed by atoms with Crippen LogP contribution in [0.5, 0.6) is 0 Å². The lowest BCUT2D eigenvalue weighted by molar-refractivity contribution is -0.00575. The van der Waals surface area contributed by atoms with Gasteiger partial charge >= 0.3 is 0 Å². The predicted molar refractivity (Wildman–Crippen MR) is 104 cm³/mol. The minimum absolute atomic E-state index is 0.0571. The maximum absolute atomic E-state index is 12.6. The number of aromatic nitrogens is 4. The second kappa shape index (κ2) is 7.09. The topological polar surface area (TPSA) is 87.2 Å². The molecule has 0 aromatic carbocycles. The summed E-state index contributed by atoms with van der Waals surface area (Å²) in [4.78, 5) is 33.0. The van der Waals surface area contributed by atoms with Crippen LogP contribution in [0.1, 0.15) is 30.8 Å². The van der Waals surface area contributed by atoms with Crippen molar-refractivity contribution in [3.8, 4) is 0 Å². The Hall–Kier alpha value is -2.19. The van der Waals surface area contributed by atoms with Gasteiger partial charge in [-0.15, -0.1) is 0 Å². The van der Waals surface area contributed by atoms with E-state index in [2.05, 4.69) is 24.8 Å². The molecule has 0 radical (unpaired) electrons. The first-order chi connectivity index (χ1) is 12.9. The molecule has 144 valence electrons. The maximum Gasteiger partial charge on any atom is 0.255 e. The number of morpholine rings is 1. The SMILES string of the molecule is Cc1cc(N2CCc3c(nc(N4C[C@H](C)O[C@@H](C)C4)[nH]c3=O)C2)nc(Cl)n1. The van der Waals surface area contributed by atoms with Crippen molar-refractivity contribution in [3.05, 3.63) is 38.7 Å². The molecule has 0 bridgehead atoms. The van der Waals surface area contributed by atoms with Gasteiger partial charge in [0.2, 0.25) is 11.2 Å². The lowest BCUT2D eigenvalue weighted by atomic mass is 10.1. The highest BCUT2D eigenvalue weighted by atomic mass is 35.5. The molecule has 4 heterocycles. The van der Waals surface area contributed by atoms with Crippen molar-refractivity contribution in [2.75, 3.05) is 29.4 Å². The number of ether oxygens (including phenoxy) is 1. The molecule has 8 nitrogen and oxygen atoms in total. The first-order valence-electron chi connectivity index (χ1n) is 9.17. The summed E-state index contributed by atoms with van der Waals surface area (Å²) < 4.78 is 5.78. The van der Waals surface area contributed by atoms with Crippen LogP contribution in [0.2, 0.25) is 5.28 Å². The van der Waals surface area contributed by atoms with Gasteiger partial charge in [0.25, 0.3) is 5.56 Å². The lowest BCUT2D eigenvalue weighted by Crippen LogP contribution is -2.47. The molecular weight excluding hydrogens is 368 g/mol. The summed E-state index contributed by atoms with van der Waals surface area (Å²) in [6.07, 6.45) is 0.810. The van der Waals surface area contributed by atoms with Gasteiger partial charge in [-0.25, -0.2) is 15.0 Å². The summed E-state index contributed by atoms with van der Waals surface area (Å²) in [5.41, 5.74) is 2.30.